The van der Waals surface area contributed by atoms with Crippen molar-refractivity contribution in [2.24, 2.45) is 5.84 Å². The average molecular weight is 226 g/mol. The minimum atomic E-state index is -0.534. The molecular formula is C9H14N4O3. The summed E-state index contributed by atoms with van der Waals surface area (Å²) < 4.78 is 0. The predicted molar refractivity (Wildman–Crippen MR) is 61.1 cm³/mol. The Labute approximate surface area is 92.4 Å². The molecule has 1 unspecified atom stereocenters. The van der Waals surface area contributed by atoms with Crippen LogP contribution >= 0.6 is 0 Å². The normalized spacial score (nSPS) is 11.9. The zero-order valence-electron chi connectivity index (χ0n) is 8.80. The Kier molecular flexibility index (Phi) is 4.03. The molecule has 0 aliphatic heterocycles. The van der Waals surface area contributed by atoms with E-state index in [9.17, 15) is 10.1 Å². The lowest BCUT2D eigenvalue weighted by atomic mass is 10.2. The number of rotatable bonds is 5. The highest BCUT2D eigenvalue weighted by atomic mass is 16.6. The van der Waals surface area contributed by atoms with Crippen LogP contribution in [-0.2, 0) is 0 Å². The summed E-state index contributed by atoms with van der Waals surface area (Å²) in [5.41, 5.74) is 3.24. The predicted octanol–water partition coefficient (Wildman–Crippen LogP) is 0.673. The topological polar surface area (TPSA) is 113 Å². The summed E-state index contributed by atoms with van der Waals surface area (Å²) in [6, 6.07) is 4.33. The van der Waals surface area contributed by atoms with Gasteiger partial charge in [-0.15, -0.1) is 0 Å². The van der Waals surface area contributed by atoms with Crippen LogP contribution in [0, 0.1) is 10.1 Å². The summed E-state index contributed by atoms with van der Waals surface area (Å²) in [6.07, 6.45) is -0.534. The van der Waals surface area contributed by atoms with Crippen LogP contribution in [0.2, 0.25) is 0 Å². The van der Waals surface area contributed by atoms with E-state index in [1.165, 1.54) is 12.1 Å². The zero-order valence-corrected chi connectivity index (χ0v) is 8.80. The number of nitrogens with zero attached hydrogens (tertiary/aromatic N) is 1. The number of nitrogens with one attached hydrogen (secondary N) is 2. The van der Waals surface area contributed by atoms with Crippen molar-refractivity contribution in [2.45, 2.75) is 13.0 Å². The number of hydrogen-bond acceptors (Lipinski definition) is 6. The number of anilines is 2. The van der Waals surface area contributed by atoms with Gasteiger partial charge in [0.15, 0.2) is 0 Å². The fourth-order valence-corrected chi connectivity index (χ4v) is 1.17. The number of aliphatic hydroxyl groups excluding tert-OH is 1. The standard InChI is InChI=1S/C9H14N4O3/c1-6(14)5-11-7-2-8(12-10)4-9(3-7)13(15)16/h2-4,6,11-12,14H,5,10H2,1H3. The molecule has 0 bridgehead atoms. The molecule has 0 aliphatic rings. The molecule has 88 valence electrons. The molecule has 1 rings (SSSR count). The molecule has 1 aromatic carbocycles. The Hall–Kier alpha value is -1.86. The second-order valence-corrected chi connectivity index (χ2v) is 3.40. The van der Waals surface area contributed by atoms with E-state index in [0.717, 1.165) is 0 Å². The summed E-state index contributed by atoms with van der Waals surface area (Å²) in [4.78, 5) is 10.1. The lowest BCUT2D eigenvalue weighted by Gasteiger charge is -2.09. The number of hydrazine groups is 1. The van der Waals surface area contributed by atoms with Gasteiger partial charge in [0.1, 0.15) is 0 Å². The second kappa shape index (κ2) is 5.29. The summed E-state index contributed by atoms with van der Waals surface area (Å²) in [7, 11) is 0. The van der Waals surface area contributed by atoms with Crippen molar-refractivity contribution in [3.63, 3.8) is 0 Å². The first kappa shape index (κ1) is 12.2. The minimum Gasteiger partial charge on any atom is -0.392 e. The summed E-state index contributed by atoms with van der Waals surface area (Å²) in [5, 5.41) is 22.6. The van der Waals surface area contributed by atoms with Gasteiger partial charge in [-0.3, -0.25) is 16.0 Å². The van der Waals surface area contributed by atoms with E-state index in [0.29, 0.717) is 17.9 Å². The molecule has 0 saturated carbocycles. The molecule has 5 N–H and O–H groups in total. The highest BCUT2D eigenvalue weighted by Gasteiger charge is 2.09. The number of non-ortho nitro benzene ring substituents is 1. The molecule has 0 aliphatic carbocycles. The molecule has 0 spiro atoms. The lowest BCUT2D eigenvalue weighted by Crippen LogP contribution is -2.15. The zero-order chi connectivity index (χ0) is 12.1. The molecule has 1 atom stereocenters. The van der Waals surface area contributed by atoms with Gasteiger partial charge in [0.25, 0.3) is 5.69 Å². The van der Waals surface area contributed by atoms with Gasteiger partial charge in [-0.05, 0) is 13.0 Å². The van der Waals surface area contributed by atoms with E-state index in [4.69, 9.17) is 10.9 Å². The van der Waals surface area contributed by atoms with Crippen LogP contribution in [0.5, 0.6) is 0 Å². The maximum absolute atomic E-state index is 10.6. The van der Waals surface area contributed by atoms with Crippen molar-refractivity contribution >= 4 is 17.1 Å². The van der Waals surface area contributed by atoms with Crippen molar-refractivity contribution in [3.05, 3.63) is 28.3 Å². The number of nitro groups is 1. The average Bonchev–Trinajstić information content (AvgIpc) is 2.25. The SMILES string of the molecule is CC(O)CNc1cc(NN)cc([N+](=O)[O-])c1. The van der Waals surface area contributed by atoms with Gasteiger partial charge in [-0.2, -0.15) is 0 Å². The van der Waals surface area contributed by atoms with Gasteiger partial charge < -0.3 is 15.8 Å². The van der Waals surface area contributed by atoms with Crippen LogP contribution in [0.1, 0.15) is 6.92 Å². The summed E-state index contributed by atoms with van der Waals surface area (Å²) in [5.74, 6) is 5.19. The number of hydrogen-bond donors (Lipinski definition) is 4. The number of nitrogens with two attached hydrogens (primary N) is 1. The molecule has 0 amide bonds. The van der Waals surface area contributed by atoms with E-state index in [-0.39, 0.29) is 5.69 Å². The Bertz CT molecular complexity index is 381. The first-order chi connectivity index (χ1) is 7.52. The van der Waals surface area contributed by atoms with Gasteiger partial charge in [0.2, 0.25) is 0 Å². The maximum Gasteiger partial charge on any atom is 0.273 e. The first-order valence-electron chi connectivity index (χ1n) is 4.71. The highest BCUT2D eigenvalue weighted by molar-refractivity contribution is 5.63. The number of nitro benzene ring substituents is 1. The Morgan fingerprint density at radius 3 is 2.62 bits per heavy atom. The molecule has 0 heterocycles. The molecule has 7 nitrogen and oxygen atoms in total. The van der Waals surface area contributed by atoms with Gasteiger partial charge in [-0.1, -0.05) is 0 Å². The van der Waals surface area contributed by atoms with Crippen molar-refractivity contribution < 1.29 is 10.0 Å². The van der Waals surface area contributed by atoms with E-state index in [1.807, 2.05) is 0 Å². The minimum absolute atomic E-state index is 0.0662. The van der Waals surface area contributed by atoms with Crippen LogP contribution in [0.3, 0.4) is 0 Å². The first-order valence-corrected chi connectivity index (χ1v) is 4.71. The van der Waals surface area contributed by atoms with E-state index in [1.54, 1.807) is 13.0 Å². The van der Waals surface area contributed by atoms with E-state index < -0.39 is 11.0 Å². The Morgan fingerprint density at radius 2 is 2.12 bits per heavy atom. The number of benzene rings is 1. The maximum atomic E-state index is 10.6. The number of aliphatic hydroxyl groups is 1. The van der Waals surface area contributed by atoms with Gasteiger partial charge in [-0.25, -0.2) is 0 Å². The largest absolute Gasteiger partial charge is 0.392 e. The molecule has 0 aromatic heterocycles. The molecule has 1 aromatic rings. The molecule has 7 heteroatoms. The fraction of sp³-hybridized carbons (Fsp3) is 0.333. The lowest BCUT2D eigenvalue weighted by molar-refractivity contribution is -0.384. The van der Waals surface area contributed by atoms with Crippen molar-refractivity contribution in [1.82, 2.24) is 0 Å². The molecule has 0 radical (unpaired) electrons. The fourth-order valence-electron chi connectivity index (χ4n) is 1.17. The van der Waals surface area contributed by atoms with E-state index in [2.05, 4.69) is 10.7 Å². The Morgan fingerprint density at radius 1 is 1.50 bits per heavy atom. The molecule has 0 fully saturated rings. The molecule has 16 heavy (non-hydrogen) atoms. The molecule has 0 saturated heterocycles. The summed E-state index contributed by atoms with van der Waals surface area (Å²) in [6.45, 7) is 1.93. The summed E-state index contributed by atoms with van der Waals surface area (Å²) >= 11 is 0. The molecular weight excluding hydrogens is 212 g/mol. The number of nitrogen functional groups attached to an aromatic ring is 1. The third-order valence-corrected chi connectivity index (χ3v) is 1.90. The van der Waals surface area contributed by atoms with Crippen molar-refractivity contribution in [3.8, 4) is 0 Å². The van der Waals surface area contributed by atoms with E-state index >= 15 is 0 Å². The monoisotopic (exact) mass is 226 g/mol. The van der Waals surface area contributed by atoms with Crippen LogP contribution in [0.4, 0.5) is 17.1 Å². The third kappa shape index (κ3) is 3.37. The van der Waals surface area contributed by atoms with Crippen LogP contribution < -0.4 is 16.6 Å². The van der Waals surface area contributed by atoms with Gasteiger partial charge in [0, 0.05) is 24.4 Å². The highest BCUT2D eigenvalue weighted by Crippen LogP contribution is 2.23. The van der Waals surface area contributed by atoms with Crippen LogP contribution in [0.25, 0.3) is 0 Å². The van der Waals surface area contributed by atoms with Gasteiger partial charge >= 0.3 is 0 Å². The van der Waals surface area contributed by atoms with Crippen LogP contribution in [0.15, 0.2) is 18.2 Å². The third-order valence-electron chi connectivity index (χ3n) is 1.90. The quantitative estimate of drug-likeness (QED) is 0.333. The van der Waals surface area contributed by atoms with Crippen LogP contribution in [-0.4, -0.2) is 22.7 Å². The second-order valence-electron chi connectivity index (χ2n) is 3.40. The van der Waals surface area contributed by atoms with Crippen molar-refractivity contribution in [2.75, 3.05) is 17.3 Å². The van der Waals surface area contributed by atoms with Gasteiger partial charge in [0.05, 0.1) is 16.7 Å². The Balaban J connectivity index is 2.90. The smallest absolute Gasteiger partial charge is 0.273 e. The van der Waals surface area contributed by atoms with Crippen molar-refractivity contribution in [1.29, 1.82) is 0 Å².